The second-order valence-corrected chi connectivity index (χ2v) is 4.75. The summed E-state index contributed by atoms with van der Waals surface area (Å²) in [4.78, 5) is 15.3. The smallest absolute Gasteiger partial charge is 0.316 e. The fourth-order valence-corrected chi connectivity index (χ4v) is 2.36. The van der Waals surface area contributed by atoms with Gasteiger partial charge in [-0.15, -0.1) is 16.8 Å². The first-order chi connectivity index (χ1) is 9.76. The number of carbonyl (C=O) groups is 1. The van der Waals surface area contributed by atoms with E-state index in [9.17, 15) is 4.79 Å². The molecule has 0 spiro atoms. The molecule has 7 heteroatoms. The van der Waals surface area contributed by atoms with Crippen molar-refractivity contribution in [3.8, 4) is 11.4 Å². The lowest BCUT2D eigenvalue weighted by molar-refractivity contribution is -0.137. The van der Waals surface area contributed by atoms with Gasteiger partial charge in [0.1, 0.15) is 0 Å². The minimum Gasteiger partial charge on any atom is -0.468 e. The van der Waals surface area contributed by atoms with Crippen LogP contribution in [-0.2, 0) is 16.1 Å². The summed E-state index contributed by atoms with van der Waals surface area (Å²) in [5, 5.41) is 8.92. The summed E-state index contributed by atoms with van der Waals surface area (Å²) in [5.41, 5.74) is 0.867. The molecule has 0 aromatic carbocycles. The van der Waals surface area contributed by atoms with Crippen LogP contribution in [0.1, 0.15) is 0 Å². The summed E-state index contributed by atoms with van der Waals surface area (Å²) in [6, 6.07) is 3.74. The molecular formula is C13H14N4O2S. The van der Waals surface area contributed by atoms with Gasteiger partial charge < -0.3 is 4.74 Å². The first kappa shape index (κ1) is 14.3. The quantitative estimate of drug-likeness (QED) is 0.459. The topological polar surface area (TPSA) is 69.9 Å². The Hall–Kier alpha value is -2.15. The van der Waals surface area contributed by atoms with Crippen molar-refractivity contribution in [1.29, 1.82) is 0 Å². The number of thioether (sulfide) groups is 1. The van der Waals surface area contributed by atoms with Gasteiger partial charge in [-0.2, -0.15) is 0 Å². The Morgan fingerprint density at radius 1 is 1.55 bits per heavy atom. The lowest BCUT2D eigenvalue weighted by Crippen LogP contribution is -2.06. The lowest BCUT2D eigenvalue weighted by Gasteiger charge is -2.06. The summed E-state index contributed by atoms with van der Waals surface area (Å²) in [6.45, 7) is 4.29. The van der Waals surface area contributed by atoms with Crippen molar-refractivity contribution in [3.05, 3.63) is 37.2 Å². The Morgan fingerprint density at radius 3 is 3.05 bits per heavy atom. The number of rotatable bonds is 6. The van der Waals surface area contributed by atoms with Gasteiger partial charge in [0.25, 0.3) is 0 Å². The minimum absolute atomic E-state index is 0.193. The number of hydrogen-bond acceptors (Lipinski definition) is 6. The predicted molar refractivity (Wildman–Crippen MR) is 76.2 cm³/mol. The number of pyridine rings is 1. The van der Waals surface area contributed by atoms with E-state index in [1.165, 1.54) is 18.9 Å². The lowest BCUT2D eigenvalue weighted by atomic mass is 10.3. The molecule has 0 aliphatic rings. The van der Waals surface area contributed by atoms with Gasteiger partial charge in [-0.05, 0) is 12.1 Å². The van der Waals surface area contributed by atoms with Crippen molar-refractivity contribution in [2.75, 3.05) is 12.9 Å². The van der Waals surface area contributed by atoms with Crippen molar-refractivity contribution < 1.29 is 9.53 Å². The normalized spacial score (nSPS) is 10.2. The maximum absolute atomic E-state index is 11.2. The molecule has 0 unspecified atom stereocenters. The average molecular weight is 290 g/mol. The van der Waals surface area contributed by atoms with Gasteiger partial charge in [0.05, 0.1) is 12.9 Å². The molecule has 0 radical (unpaired) electrons. The van der Waals surface area contributed by atoms with Crippen molar-refractivity contribution in [1.82, 2.24) is 19.7 Å². The number of esters is 1. The highest BCUT2D eigenvalue weighted by Gasteiger charge is 2.14. The molecule has 0 N–H and O–H groups in total. The van der Waals surface area contributed by atoms with Crippen molar-refractivity contribution in [3.63, 3.8) is 0 Å². The molecule has 20 heavy (non-hydrogen) atoms. The van der Waals surface area contributed by atoms with E-state index in [0.717, 1.165) is 5.56 Å². The SMILES string of the molecule is C=CCn1c(SCC(=O)OC)nnc1-c1cccnc1. The van der Waals surface area contributed by atoms with Crippen LogP contribution in [0.2, 0.25) is 0 Å². The van der Waals surface area contributed by atoms with E-state index >= 15 is 0 Å². The molecule has 0 aliphatic carbocycles. The Kier molecular flexibility index (Phi) is 4.89. The van der Waals surface area contributed by atoms with E-state index in [-0.39, 0.29) is 11.7 Å². The van der Waals surface area contributed by atoms with E-state index in [2.05, 4.69) is 26.5 Å². The number of aromatic nitrogens is 4. The predicted octanol–water partition coefficient (Wildman–Crippen LogP) is 1.79. The average Bonchev–Trinajstić information content (AvgIpc) is 2.89. The van der Waals surface area contributed by atoms with Crippen LogP contribution in [0.5, 0.6) is 0 Å². The number of carbonyl (C=O) groups excluding carboxylic acids is 1. The molecule has 0 saturated heterocycles. The first-order valence-corrected chi connectivity index (χ1v) is 6.89. The molecule has 2 rings (SSSR count). The Balaban J connectivity index is 2.28. The van der Waals surface area contributed by atoms with E-state index in [4.69, 9.17) is 0 Å². The van der Waals surface area contributed by atoms with E-state index in [0.29, 0.717) is 17.5 Å². The zero-order valence-electron chi connectivity index (χ0n) is 11.0. The fraction of sp³-hybridized carbons (Fsp3) is 0.231. The third-order valence-electron chi connectivity index (χ3n) is 2.50. The van der Waals surface area contributed by atoms with Crippen LogP contribution in [0.15, 0.2) is 42.3 Å². The molecule has 6 nitrogen and oxygen atoms in total. The summed E-state index contributed by atoms with van der Waals surface area (Å²) in [5.74, 6) is 0.593. The third kappa shape index (κ3) is 3.24. The Bertz CT molecular complexity index is 598. The second kappa shape index (κ2) is 6.85. The highest BCUT2D eigenvalue weighted by molar-refractivity contribution is 7.99. The number of allylic oxidation sites excluding steroid dienone is 1. The van der Waals surface area contributed by atoms with E-state index in [1.54, 1.807) is 18.5 Å². The largest absolute Gasteiger partial charge is 0.468 e. The van der Waals surface area contributed by atoms with Crippen molar-refractivity contribution in [2.24, 2.45) is 0 Å². The summed E-state index contributed by atoms with van der Waals surface area (Å²) in [7, 11) is 1.36. The zero-order valence-corrected chi connectivity index (χ0v) is 11.8. The highest BCUT2D eigenvalue weighted by Crippen LogP contribution is 2.23. The van der Waals surface area contributed by atoms with Crippen LogP contribution in [0.3, 0.4) is 0 Å². The monoisotopic (exact) mass is 290 g/mol. The number of nitrogens with zero attached hydrogens (tertiary/aromatic N) is 4. The minimum atomic E-state index is -0.300. The third-order valence-corrected chi connectivity index (χ3v) is 3.44. The van der Waals surface area contributed by atoms with Crippen molar-refractivity contribution >= 4 is 17.7 Å². The molecule has 0 bridgehead atoms. The van der Waals surface area contributed by atoms with Gasteiger partial charge in [0.15, 0.2) is 11.0 Å². The van der Waals surface area contributed by atoms with Crippen LogP contribution in [-0.4, -0.2) is 38.6 Å². The molecule has 0 atom stereocenters. The first-order valence-electron chi connectivity index (χ1n) is 5.90. The van der Waals surface area contributed by atoms with Crippen LogP contribution < -0.4 is 0 Å². The van der Waals surface area contributed by atoms with Gasteiger partial charge in [-0.1, -0.05) is 17.8 Å². The molecule has 2 aromatic rings. The molecule has 0 saturated carbocycles. The molecule has 0 amide bonds. The fourth-order valence-electron chi connectivity index (χ4n) is 1.58. The number of hydrogen-bond donors (Lipinski definition) is 0. The van der Waals surface area contributed by atoms with Gasteiger partial charge in [-0.25, -0.2) is 0 Å². The summed E-state index contributed by atoms with van der Waals surface area (Å²) in [6.07, 6.45) is 5.18. The van der Waals surface area contributed by atoms with Crippen molar-refractivity contribution in [2.45, 2.75) is 11.7 Å². The Morgan fingerprint density at radius 2 is 2.40 bits per heavy atom. The maximum atomic E-state index is 11.2. The molecule has 2 aromatic heterocycles. The second-order valence-electron chi connectivity index (χ2n) is 3.81. The number of methoxy groups -OCH3 is 1. The zero-order chi connectivity index (χ0) is 14.4. The summed E-state index contributed by atoms with van der Waals surface area (Å²) >= 11 is 1.28. The van der Waals surface area contributed by atoms with Gasteiger partial charge in [-0.3, -0.25) is 14.3 Å². The maximum Gasteiger partial charge on any atom is 0.316 e. The molecule has 0 fully saturated rings. The van der Waals surface area contributed by atoms with Gasteiger partial charge >= 0.3 is 5.97 Å². The Labute approximate surface area is 120 Å². The molecule has 0 aliphatic heterocycles. The molecular weight excluding hydrogens is 276 g/mol. The van der Waals surface area contributed by atoms with Crippen LogP contribution in [0.4, 0.5) is 0 Å². The van der Waals surface area contributed by atoms with E-state index in [1.807, 2.05) is 16.7 Å². The molecule has 2 heterocycles. The van der Waals surface area contributed by atoms with Gasteiger partial charge in [0.2, 0.25) is 0 Å². The van der Waals surface area contributed by atoms with Crippen LogP contribution >= 0.6 is 11.8 Å². The standard InChI is InChI=1S/C13H14N4O2S/c1-3-7-17-12(10-5-4-6-14-8-10)15-16-13(17)20-9-11(18)19-2/h3-6,8H,1,7,9H2,2H3. The van der Waals surface area contributed by atoms with Crippen LogP contribution in [0, 0.1) is 0 Å². The van der Waals surface area contributed by atoms with Gasteiger partial charge in [0, 0.05) is 24.5 Å². The van der Waals surface area contributed by atoms with E-state index < -0.39 is 0 Å². The summed E-state index contributed by atoms with van der Waals surface area (Å²) < 4.78 is 6.50. The molecule has 104 valence electrons. The van der Waals surface area contributed by atoms with Crippen LogP contribution in [0.25, 0.3) is 11.4 Å². The highest BCUT2D eigenvalue weighted by atomic mass is 32.2. The number of ether oxygens (including phenoxy) is 1.